The second-order valence-corrected chi connectivity index (χ2v) is 4.41. The van der Waals surface area contributed by atoms with Gasteiger partial charge in [-0.05, 0) is 0 Å². The van der Waals surface area contributed by atoms with Gasteiger partial charge in [0.15, 0.2) is 5.65 Å². The molecule has 7 nitrogen and oxygen atoms in total. The average Bonchev–Trinajstić information content (AvgIpc) is 2.73. The molecule has 0 radical (unpaired) electrons. The van der Waals surface area contributed by atoms with E-state index in [1.54, 1.807) is 13.3 Å². The van der Waals surface area contributed by atoms with Gasteiger partial charge < -0.3 is 20.4 Å². The van der Waals surface area contributed by atoms with Gasteiger partial charge >= 0.3 is 0 Å². The van der Waals surface area contributed by atoms with Crippen LogP contribution >= 0.6 is 0 Å². The summed E-state index contributed by atoms with van der Waals surface area (Å²) in [5.74, 6) is 0.512. The molecule has 1 amide bonds. The van der Waals surface area contributed by atoms with E-state index in [0.29, 0.717) is 24.5 Å². The first-order chi connectivity index (χ1) is 9.28. The van der Waals surface area contributed by atoms with Gasteiger partial charge in [-0.2, -0.15) is 4.98 Å². The summed E-state index contributed by atoms with van der Waals surface area (Å²) in [6.07, 6.45) is 3.83. The minimum Gasteiger partial charge on any atom is -0.480 e. The van der Waals surface area contributed by atoms with Crippen molar-refractivity contribution in [1.82, 2.24) is 25.6 Å². The van der Waals surface area contributed by atoms with E-state index in [4.69, 9.17) is 4.74 Å². The molecule has 100 valence electrons. The third-order valence-corrected chi connectivity index (χ3v) is 3.20. The Balaban J connectivity index is 1.97. The number of methoxy groups -OCH3 is 1. The van der Waals surface area contributed by atoms with Crippen LogP contribution in [0.3, 0.4) is 0 Å². The summed E-state index contributed by atoms with van der Waals surface area (Å²) < 4.78 is 5.04. The molecule has 0 spiro atoms. The minimum atomic E-state index is -0.0426. The van der Waals surface area contributed by atoms with E-state index >= 15 is 0 Å². The number of amides is 1. The van der Waals surface area contributed by atoms with Gasteiger partial charge in [0.2, 0.25) is 11.8 Å². The molecule has 0 aromatic carbocycles. The third kappa shape index (κ3) is 2.24. The fourth-order valence-electron chi connectivity index (χ4n) is 2.26. The van der Waals surface area contributed by atoms with E-state index < -0.39 is 0 Å². The van der Waals surface area contributed by atoms with Gasteiger partial charge in [-0.1, -0.05) is 0 Å². The maximum Gasteiger partial charge on any atom is 0.234 e. The van der Waals surface area contributed by atoms with Crippen molar-refractivity contribution in [3.63, 3.8) is 0 Å². The maximum absolute atomic E-state index is 11.6. The highest BCUT2D eigenvalue weighted by atomic mass is 16.5. The van der Waals surface area contributed by atoms with Crippen LogP contribution in [0.4, 0.5) is 0 Å². The fourth-order valence-corrected chi connectivity index (χ4v) is 2.26. The van der Waals surface area contributed by atoms with Crippen molar-refractivity contribution in [3.05, 3.63) is 18.0 Å². The van der Waals surface area contributed by atoms with Gasteiger partial charge in [0.05, 0.1) is 13.3 Å². The van der Waals surface area contributed by atoms with Gasteiger partial charge in [0.25, 0.3) is 0 Å². The van der Waals surface area contributed by atoms with Crippen LogP contribution < -0.4 is 15.4 Å². The highest BCUT2D eigenvalue weighted by Crippen LogP contribution is 2.25. The fraction of sp³-hybridized carbons (Fsp3) is 0.417. The summed E-state index contributed by atoms with van der Waals surface area (Å²) in [6, 6.07) is -0.0426. The lowest BCUT2D eigenvalue weighted by Gasteiger charge is -2.12. The number of hydrogen-bond acceptors (Lipinski definition) is 5. The summed E-state index contributed by atoms with van der Waals surface area (Å²) in [4.78, 5) is 23.3. The molecule has 1 aliphatic heterocycles. The monoisotopic (exact) mass is 261 g/mol. The van der Waals surface area contributed by atoms with Crippen molar-refractivity contribution < 1.29 is 9.53 Å². The number of nitrogens with one attached hydrogen (secondary N) is 3. The Bertz CT molecular complexity index is 609. The Morgan fingerprint density at radius 1 is 1.42 bits per heavy atom. The molecular formula is C12H15N5O2. The number of nitrogens with zero attached hydrogens (tertiary/aromatic N) is 2. The van der Waals surface area contributed by atoms with Gasteiger partial charge in [-0.15, -0.1) is 0 Å². The van der Waals surface area contributed by atoms with Crippen molar-refractivity contribution >= 4 is 17.1 Å². The summed E-state index contributed by atoms with van der Waals surface area (Å²) in [6.45, 7) is 1.39. The SMILES string of the molecule is COc1cnc2c(C3CC(=O)NCCN3)c[nH]c2n1. The molecule has 3 N–H and O–H groups in total. The van der Waals surface area contributed by atoms with Crippen LogP contribution in [0.25, 0.3) is 11.2 Å². The Hall–Kier alpha value is -2.15. The van der Waals surface area contributed by atoms with Gasteiger partial charge in [-0.3, -0.25) is 4.79 Å². The predicted octanol–water partition coefficient (Wildman–Crippen LogP) is 0.117. The van der Waals surface area contributed by atoms with Crippen LogP contribution in [0.1, 0.15) is 18.0 Å². The van der Waals surface area contributed by atoms with Crippen molar-refractivity contribution in [1.29, 1.82) is 0 Å². The van der Waals surface area contributed by atoms with Gasteiger partial charge in [0, 0.05) is 37.3 Å². The molecule has 1 unspecified atom stereocenters. The number of fused-ring (bicyclic) bond motifs is 1. The van der Waals surface area contributed by atoms with E-state index in [0.717, 1.165) is 17.6 Å². The Kier molecular flexibility index (Phi) is 3.04. The number of hydrogen-bond donors (Lipinski definition) is 3. The molecule has 1 saturated heterocycles. The lowest BCUT2D eigenvalue weighted by Crippen LogP contribution is -2.24. The zero-order valence-electron chi connectivity index (χ0n) is 10.6. The molecule has 2 aromatic rings. The molecule has 3 rings (SSSR count). The Labute approximate surface area is 109 Å². The number of H-pyrrole nitrogens is 1. The Morgan fingerprint density at radius 3 is 3.16 bits per heavy atom. The first-order valence-electron chi connectivity index (χ1n) is 6.16. The molecule has 0 aliphatic carbocycles. The number of aromatic amines is 1. The standard InChI is InChI=1S/C12H15N5O2/c1-19-10-6-15-11-7(5-16-12(11)17-10)8-4-9(18)14-3-2-13-8/h5-6,8,13H,2-4H2,1H3,(H,14,18)(H,16,17). The third-order valence-electron chi connectivity index (χ3n) is 3.20. The highest BCUT2D eigenvalue weighted by Gasteiger charge is 2.22. The van der Waals surface area contributed by atoms with E-state index in [9.17, 15) is 4.79 Å². The van der Waals surface area contributed by atoms with E-state index in [1.807, 2.05) is 6.20 Å². The van der Waals surface area contributed by atoms with Crippen LogP contribution in [0.15, 0.2) is 12.4 Å². The Morgan fingerprint density at radius 2 is 2.32 bits per heavy atom. The maximum atomic E-state index is 11.6. The van der Waals surface area contributed by atoms with Crippen LogP contribution in [0, 0.1) is 0 Å². The summed E-state index contributed by atoms with van der Waals surface area (Å²) in [7, 11) is 1.55. The molecule has 1 aliphatic rings. The second kappa shape index (κ2) is 4.85. The van der Waals surface area contributed by atoms with Crippen molar-refractivity contribution in [2.75, 3.05) is 20.2 Å². The topological polar surface area (TPSA) is 91.9 Å². The van der Waals surface area contributed by atoms with Gasteiger partial charge in [-0.25, -0.2) is 4.98 Å². The van der Waals surface area contributed by atoms with Crippen LogP contribution in [0.5, 0.6) is 5.88 Å². The zero-order valence-corrected chi connectivity index (χ0v) is 10.6. The van der Waals surface area contributed by atoms with Gasteiger partial charge in [0.1, 0.15) is 5.52 Å². The number of carbonyl (C=O) groups excluding carboxylic acids is 1. The second-order valence-electron chi connectivity index (χ2n) is 4.41. The molecule has 7 heteroatoms. The average molecular weight is 261 g/mol. The van der Waals surface area contributed by atoms with Crippen LogP contribution in [-0.2, 0) is 4.79 Å². The molecule has 1 fully saturated rings. The quantitative estimate of drug-likeness (QED) is 0.714. The highest BCUT2D eigenvalue weighted by molar-refractivity contribution is 5.80. The number of ether oxygens (including phenoxy) is 1. The lowest BCUT2D eigenvalue weighted by molar-refractivity contribution is -0.121. The van der Waals surface area contributed by atoms with Crippen molar-refractivity contribution in [3.8, 4) is 5.88 Å². The summed E-state index contributed by atoms with van der Waals surface area (Å²) in [5, 5.41) is 6.17. The minimum absolute atomic E-state index is 0.0426. The number of aromatic nitrogens is 3. The van der Waals surface area contributed by atoms with E-state index in [-0.39, 0.29) is 11.9 Å². The zero-order chi connectivity index (χ0) is 13.2. The molecule has 0 bridgehead atoms. The number of rotatable bonds is 2. The van der Waals surface area contributed by atoms with E-state index in [1.165, 1.54) is 0 Å². The molecule has 1 atom stereocenters. The molecule has 2 aromatic heterocycles. The van der Waals surface area contributed by atoms with Crippen LogP contribution in [-0.4, -0.2) is 41.1 Å². The van der Waals surface area contributed by atoms with Crippen LogP contribution in [0.2, 0.25) is 0 Å². The first kappa shape index (κ1) is 11.9. The molecular weight excluding hydrogens is 246 g/mol. The van der Waals surface area contributed by atoms with Crippen molar-refractivity contribution in [2.24, 2.45) is 0 Å². The molecule has 3 heterocycles. The van der Waals surface area contributed by atoms with E-state index in [2.05, 4.69) is 25.6 Å². The summed E-state index contributed by atoms with van der Waals surface area (Å²) >= 11 is 0. The molecule has 0 saturated carbocycles. The smallest absolute Gasteiger partial charge is 0.234 e. The van der Waals surface area contributed by atoms with Crippen molar-refractivity contribution in [2.45, 2.75) is 12.5 Å². The largest absolute Gasteiger partial charge is 0.480 e. The molecule has 19 heavy (non-hydrogen) atoms. The lowest BCUT2D eigenvalue weighted by atomic mass is 10.1. The predicted molar refractivity (Wildman–Crippen MR) is 68.8 cm³/mol. The summed E-state index contributed by atoms with van der Waals surface area (Å²) in [5.41, 5.74) is 2.40. The number of carbonyl (C=O) groups is 1. The first-order valence-corrected chi connectivity index (χ1v) is 6.16. The normalized spacial score (nSPS) is 20.1.